The van der Waals surface area contributed by atoms with Crippen LogP contribution in [0.2, 0.25) is 0 Å². The Hall–Kier alpha value is -2.55. The van der Waals surface area contributed by atoms with Crippen molar-refractivity contribution >= 4 is 11.9 Å². The van der Waals surface area contributed by atoms with Gasteiger partial charge in [0.05, 0.1) is 111 Å². The third kappa shape index (κ3) is 20.0. The van der Waals surface area contributed by atoms with E-state index in [0.29, 0.717) is 66.0 Å². The molecular weight excluding hydrogens is 671 g/mol. The van der Waals surface area contributed by atoms with Crippen molar-refractivity contribution < 1.29 is 74.2 Å². The quantitative estimate of drug-likeness (QED) is 0.0289. The predicted octanol–water partition coefficient (Wildman–Crippen LogP) is 2.44. The van der Waals surface area contributed by atoms with E-state index in [1.165, 1.54) is 0 Å². The van der Waals surface area contributed by atoms with E-state index in [2.05, 4.69) is 10.1 Å². The Balaban J connectivity index is 2.34. The van der Waals surface area contributed by atoms with Crippen molar-refractivity contribution in [2.75, 3.05) is 112 Å². The number of halogens is 5. The molecule has 0 heterocycles. The van der Waals surface area contributed by atoms with E-state index < -0.39 is 52.8 Å². The van der Waals surface area contributed by atoms with E-state index in [4.69, 9.17) is 43.6 Å². The smallest absolute Gasteiger partial charge is 0.313 e. The summed E-state index contributed by atoms with van der Waals surface area (Å²) in [6.07, 6.45) is 0.384. The summed E-state index contributed by atoms with van der Waals surface area (Å²) in [6.45, 7) is 8.40. The summed E-state index contributed by atoms with van der Waals surface area (Å²) in [5.74, 6) is -14.7. The van der Waals surface area contributed by atoms with E-state index in [1.807, 2.05) is 6.92 Å². The van der Waals surface area contributed by atoms with Gasteiger partial charge in [-0.15, -0.1) is 0 Å². The fourth-order valence-electron chi connectivity index (χ4n) is 3.70. The molecule has 0 saturated carbocycles. The number of amides is 1. The molecule has 284 valence electrons. The number of carbonyl (C=O) groups is 2. The molecule has 1 unspecified atom stereocenters. The summed E-state index contributed by atoms with van der Waals surface area (Å²) in [5.41, 5.74) is 4.49. The molecule has 1 aromatic rings. The van der Waals surface area contributed by atoms with Gasteiger partial charge in [0.2, 0.25) is 40.7 Å². The zero-order valence-electron chi connectivity index (χ0n) is 28.1. The minimum atomic E-state index is -2.37. The van der Waals surface area contributed by atoms with Gasteiger partial charge in [0.1, 0.15) is 0 Å². The molecule has 0 aliphatic rings. The second-order valence-electron chi connectivity index (χ2n) is 10.6. The lowest BCUT2D eigenvalue weighted by atomic mass is 10.1. The molecule has 0 aliphatic carbocycles. The van der Waals surface area contributed by atoms with Crippen molar-refractivity contribution in [2.45, 2.75) is 38.6 Å². The first-order chi connectivity index (χ1) is 23.6. The molecule has 0 spiro atoms. The number of carbonyl (C=O) groups excluding carboxylic acids is 2. The first-order valence-electron chi connectivity index (χ1n) is 15.9. The molecule has 13 nitrogen and oxygen atoms in total. The maximum Gasteiger partial charge on any atom is 0.313 e. The van der Waals surface area contributed by atoms with Crippen LogP contribution in [-0.4, -0.2) is 130 Å². The molecule has 1 amide bonds. The summed E-state index contributed by atoms with van der Waals surface area (Å²) in [6, 6.07) is 0. The van der Waals surface area contributed by atoms with Gasteiger partial charge in [-0.1, -0.05) is 6.92 Å². The number of hydrogen-bond acceptors (Lipinski definition) is 12. The van der Waals surface area contributed by atoms with Crippen LogP contribution in [-0.2, 0) is 47.5 Å². The van der Waals surface area contributed by atoms with E-state index >= 15 is 0 Å². The number of benzene rings is 1. The van der Waals surface area contributed by atoms with Gasteiger partial charge in [-0.2, -0.15) is 8.78 Å². The van der Waals surface area contributed by atoms with Crippen LogP contribution < -0.4 is 15.8 Å². The highest BCUT2D eigenvalue weighted by atomic mass is 19.2. The highest BCUT2D eigenvalue weighted by molar-refractivity contribution is 5.76. The molecule has 0 bridgehead atoms. The average Bonchev–Trinajstić information content (AvgIpc) is 3.08. The van der Waals surface area contributed by atoms with Crippen LogP contribution >= 0.6 is 0 Å². The van der Waals surface area contributed by atoms with E-state index in [0.717, 1.165) is 6.42 Å². The topological polar surface area (TPSA) is 155 Å². The minimum Gasteiger partial charge on any atom is -0.420 e. The second-order valence-corrected chi connectivity index (χ2v) is 10.6. The van der Waals surface area contributed by atoms with Crippen molar-refractivity contribution in [3.8, 4) is 5.75 Å². The highest BCUT2D eigenvalue weighted by Gasteiger charge is 2.29. The van der Waals surface area contributed by atoms with Crippen LogP contribution in [0.4, 0.5) is 22.0 Å². The van der Waals surface area contributed by atoms with Crippen LogP contribution in [0.15, 0.2) is 0 Å². The molecule has 3 N–H and O–H groups in total. The fourth-order valence-corrected chi connectivity index (χ4v) is 3.70. The number of ether oxygens (including phenoxy) is 9. The SMILES string of the molecule is CCCOCCOCCOCC(C)(COCCOCCOCCN)NC(=O)CCOCCOCCC(=O)Oc1c(F)c(F)c(F)c(F)c1F. The van der Waals surface area contributed by atoms with Crippen LogP contribution in [0.25, 0.3) is 0 Å². The summed E-state index contributed by atoms with van der Waals surface area (Å²) in [5, 5.41) is 2.90. The molecule has 1 atom stereocenters. The summed E-state index contributed by atoms with van der Waals surface area (Å²) >= 11 is 0. The third-order valence-electron chi connectivity index (χ3n) is 6.06. The zero-order valence-corrected chi connectivity index (χ0v) is 28.1. The molecular formula is C31H49F5N2O11. The van der Waals surface area contributed by atoms with Crippen molar-refractivity contribution in [3.05, 3.63) is 29.1 Å². The van der Waals surface area contributed by atoms with Crippen LogP contribution in [0.1, 0.15) is 33.1 Å². The molecule has 0 aliphatic heterocycles. The summed E-state index contributed by atoms with van der Waals surface area (Å²) < 4.78 is 115. The van der Waals surface area contributed by atoms with Crippen LogP contribution in [0, 0.1) is 29.1 Å². The molecule has 1 aromatic carbocycles. The molecule has 0 saturated heterocycles. The molecule has 1 rings (SSSR count). The Labute approximate surface area is 283 Å². The first kappa shape index (κ1) is 44.5. The maximum atomic E-state index is 13.6. The maximum absolute atomic E-state index is 13.6. The van der Waals surface area contributed by atoms with E-state index in [-0.39, 0.29) is 58.6 Å². The lowest BCUT2D eigenvalue weighted by Gasteiger charge is -2.30. The summed E-state index contributed by atoms with van der Waals surface area (Å²) in [7, 11) is 0. The van der Waals surface area contributed by atoms with Gasteiger partial charge in [-0.25, -0.2) is 13.2 Å². The normalized spacial score (nSPS) is 12.7. The standard InChI is InChI=1S/C31H49F5N2O11/c1-3-7-41-11-15-45-17-19-47-21-31(2,22-48-20-18-46-16-14-44-10-6-37)38-23(39)4-8-42-12-13-43-9-5-24(40)49-30-28(35)26(33)25(32)27(34)29(30)36/h3-22,37H2,1-2H3,(H,38,39). The molecule has 18 heteroatoms. The number of hydrogen-bond donors (Lipinski definition) is 2. The second kappa shape index (κ2) is 27.2. The minimum absolute atomic E-state index is 0.00336. The van der Waals surface area contributed by atoms with Gasteiger partial charge in [-0.3, -0.25) is 9.59 Å². The van der Waals surface area contributed by atoms with Crippen molar-refractivity contribution in [1.29, 1.82) is 0 Å². The molecule has 0 fully saturated rings. The number of esters is 1. The highest BCUT2D eigenvalue weighted by Crippen LogP contribution is 2.29. The fraction of sp³-hybridized carbons (Fsp3) is 0.742. The summed E-state index contributed by atoms with van der Waals surface area (Å²) in [4.78, 5) is 24.4. The lowest BCUT2D eigenvalue weighted by Crippen LogP contribution is -2.53. The number of rotatable bonds is 31. The molecule has 49 heavy (non-hydrogen) atoms. The van der Waals surface area contributed by atoms with Crippen LogP contribution in [0.5, 0.6) is 5.75 Å². The monoisotopic (exact) mass is 720 g/mol. The van der Waals surface area contributed by atoms with Crippen molar-refractivity contribution in [2.24, 2.45) is 5.73 Å². The van der Waals surface area contributed by atoms with Gasteiger partial charge in [-0.05, 0) is 13.3 Å². The Morgan fingerprint density at radius 1 is 0.571 bits per heavy atom. The number of nitrogens with one attached hydrogen (secondary N) is 1. The van der Waals surface area contributed by atoms with Gasteiger partial charge < -0.3 is 53.7 Å². The van der Waals surface area contributed by atoms with Crippen molar-refractivity contribution in [1.82, 2.24) is 5.32 Å². The Kier molecular flexibility index (Phi) is 24.7. The third-order valence-corrected chi connectivity index (χ3v) is 6.06. The van der Waals surface area contributed by atoms with Crippen LogP contribution in [0.3, 0.4) is 0 Å². The van der Waals surface area contributed by atoms with Crippen molar-refractivity contribution in [3.63, 3.8) is 0 Å². The predicted molar refractivity (Wildman–Crippen MR) is 164 cm³/mol. The van der Waals surface area contributed by atoms with E-state index in [1.54, 1.807) is 6.92 Å². The van der Waals surface area contributed by atoms with Gasteiger partial charge in [0.25, 0.3) is 0 Å². The van der Waals surface area contributed by atoms with Gasteiger partial charge in [0.15, 0.2) is 0 Å². The molecule has 0 aromatic heterocycles. The lowest BCUT2D eigenvalue weighted by molar-refractivity contribution is -0.136. The molecule has 0 radical (unpaired) electrons. The average molecular weight is 721 g/mol. The van der Waals surface area contributed by atoms with E-state index in [9.17, 15) is 31.5 Å². The Morgan fingerprint density at radius 2 is 0.959 bits per heavy atom. The van der Waals surface area contributed by atoms with Gasteiger partial charge in [0, 0.05) is 19.6 Å². The zero-order chi connectivity index (χ0) is 36.3. The Bertz CT molecular complexity index is 1020. The first-order valence-corrected chi connectivity index (χ1v) is 15.9. The van der Waals surface area contributed by atoms with Gasteiger partial charge >= 0.3 is 5.97 Å². The Morgan fingerprint density at radius 3 is 1.43 bits per heavy atom. The number of nitrogens with two attached hydrogens (primary N) is 1. The largest absolute Gasteiger partial charge is 0.420 e.